The van der Waals surface area contributed by atoms with Crippen molar-refractivity contribution in [1.82, 2.24) is 0 Å². The molecule has 0 fully saturated rings. The summed E-state index contributed by atoms with van der Waals surface area (Å²) in [6.45, 7) is 7.98. The highest BCUT2D eigenvalue weighted by molar-refractivity contribution is 5.73. The van der Waals surface area contributed by atoms with E-state index in [4.69, 9.17) is 5.11 Å². The molecule has 1 N–H and O–H groups in total. The molecule has 2 atom stereocenters. The van der Waals surface area contributed by atoms with Crippen molar-refractivity contribution in [3.8, 4) is 0 Å². The first-order chi connectivity index (χ1) is 5.46. The maximum atomic E-state index is 10.9. The molecule has 0 aromatic heterocycles. The van der Waals surface area contributed by atoms with Crippen LogP contribution in [0, 0.1) is 11.3 Å². The molecule has 0 bridgehead atoms. The van der Waals surface area contributed by atoms with E-state index < -0.39 is 11.4 Å². The Bertz CT molecular complexity index is 154. The molecule has 0 rings (SSSR count). The Kier molecular flexibility index (Phi) is 4.29. The average Bonchev–Trinajstić information content (AvgIpc) is 2.03. The lowest BCUT2D eigenvalue weighted by molar-refractivity contribution is -0.149. The van der Waals surface area contributed by atoms with Crippen molar-refractivity contribution in [1.29, 1.82) is 0 Å². The van der Waals surface area contributed by atoms with Gasteiger partial charge in [0.05, 0.1) is 5.41 Å². The Morgan fingerprint density at radius 1 is 1.50 bits per heavy atom. The van der Waals surface area contributed by atoms with Crippen LogP contribution >= 0.6 is 0 Å². The van der Waals surface area contributed by atoms with Gasteiger partial charge in [-0.05, 0) is 25.7 Å². The summed E-state index contributed by atoms with van der Waals surface area (Å²) in [6, 6.07) is 0. The summed E-state index contributed by atoms with van der Waals surface area (Å²) in [5.41, 5.74) is -0.518. The number of hydrogen-bond acceptors (Lipinski definition) is 1. The first kappa shape index (κ1) is 11.5. The summed E-state index contributed by atoms with van der Waals surface area (Å²) in [6.07, 6.45) is 2.56. The largest absolute Gasteiger partial charge is 0.481 e. The summed E-state index contributed by atoms with van der Waals surface area (Å²) >= 11 is 0. The van der Waals surface area contributed by atoms with Crippen LogP contribution in [0.3, 0.4) is 0 Å². The van der Waals surface area contributed by atoms with Crippen LogP contribution in [0.15, 0.2) is 0 Å². The van der Waals surface area contributed by atoms with Gasteiger partial charge in [-0.15, -0.1) is 0 Å². The van der Waals surface area contributed by atoms with E-state index in [1.54, 1.807) is 0 Å². The summed E-state index contributed by atoms with van der Waals surface area (Å²) in [4.78, 5) is 10.9. The van der Waals surface area contributed by atoms with Crippen molar-refractivity contribution in [2.24, 2.45) is 11.3 Å². The summed E-state index contributed by atoms with van der Waals surface area (Å²) < 4.78 is 0. The zero-order chi connectivity index (χ0) is 9.78. The van der Waals surface area contributed by atoms with Crippen LogP contribution in [0.2, 0.25) is 0 Å². The molecule has 0 aromatic rings. The molecular formula is C10H20O2. The zero-order valence-corrected chi connectivity index (χ0v) is 8.55. The SMILES string of the molecule is CCC(C)CC(C)(CC)C(=O)O. The Morgan fingerprint density at radius 2 is 2.00 bits per heavy atom. The number of carbonyl (C=O) groups is 1. The van der Waals surface area contributed by atoms with Crippen molar-refractivity contribution in [3.63, 3.8) is 0 Å². The third-order valence-electron chi connectivity index (χ3n) is 2.79. The lowest BCUT2D eigenvalue weighted by atomic mass is 9.79. The second-order valence-corrected chi connectivity index (χ2v) is 3.94. The van der Waals surface area contributed by atoms with Crippen LogP contribution in [0.1, 0.15) is 47.0 Å². The predicted molar refractivity (Wildman–Crippen MR) is 50.1 cm³/mol. The van der Waals surface area contributed by atoms with Gasteiger partial charge >= 0.3 is 5.97 Å². The van der Waals surface area contributed by atoms with E-state index in [1.165, 1.54) is 0 Å². The minimum atomic E-state index is -0.662. The molecule has 0 aliphatic carbocycles. The van der Waals surface area contributed by atoms with Gasteiger partial charge in [-0.3, -0.25) is 4.79 Å². The van der Waals surface area contributed by atoms with Crippen LogP contribution in [0.5, 0.6) is 0 Å². The minimum absolute atomic E-state index is 0.506. The van der Waals surface area contributed by atoms with E-state index in [9.17, 15) is 4.79 Å². The van der Waals surface area contributed by atoms with Gasteiger partial charge < -0.3 is 5.11 Å². The van der Waals surface area contributed by atoms with Gasteiger partial charge in [-0.25, -0.2) is 0 Å². The van der Waals surface area contributed by atoms with E-state index in [0.29, 0.717) is 12.3 Å². The number of aliphatic carboxylic acids is 1. The fourth-order valence-electron chi connectivity index (χ4n) is 1.30. The molecule has 72 valence electrons. The normalized spacial score (nSPS) is 18.3. The highest BCUT2D eigenvalue weighted by Gasteiger charge is 2.31. The summed E-state index contributed by atoms with van der Waals surface area (Å²) in [5.74, 6) is -0.156. The smallest absolute Gasteiger partial charge is 0.309 e. The third-order valence-corrected chi connectivity index (χ3v) is 2.79. The van der Waals surface area contributed by atoms with Crippen molar-refractivity contribution >= 4 is 5.97 Å². The molecule has 0 aromatic carbocycles. The zero-order valence-electron chi connectivity index (χ0n) is 8.55. The van der Waals surface area contributed by atoms with E-state index in [0.717, 1.165) is 12.8 Å². The van der Waals surface area contributed by atoms with E-state index in [2.05, 4.69) is 13.8 Å². The molecule has 0 radical (unpaired) electrons. The van der Waals surface area contributed by atoms with Gasteiger partial charge in [0.15, 0.2) is 0 Å². The number of carboxylic acid groups (broad SMARTS) is 1. The second-order valence-electron chi connectivity index (χ2n) is 3.94. The number of rotatable bonds is 5. The highest BCUT2D eigenvalue weighted by atomic mass is 16.4. The predicted octanol–water partition coefficient (Wildman–Crippen LogP) is 2.92. The molecule has 12 heavy (non-hydrogen) atoms. The molecule has 0 amide bonds. The lowest BCUT2D eigenvalue weighted by Crippen LogP contribution is -2.28. The number of carboxylic acids is 1. The molecule has 0 heterocycles. The molecule has 0 saturated carbocycles. The van der Waals surface area contributed by atoms with Gasteiger partial charge in [0.1, 0.15) is 0 Å². The average molecular weight is 172 g/mol. The summed E-state index contributed by atoms with van der Waals surface area (Å²) in [5, 5.41) is 8.98. The highest BCUT2D eigenvalue weighted by Crippen LogP contribution is 2.30. The molecule has 0 aliphatic rings. The monoisotopic (exact) mass is 172 g/mol. The van der Waals surface area contributed by atoms with Crippen LogP contribution < -0.4 is 0 Å². The maximum absolute atomic E-state index is 10.9. The fraction of sp³-hybridized carbons (Fsp3) is 0.900. The Morgan fingerprint density at radius 3 is 2.25 bits per heavy atom. The lowest BCUT2D eigenvalue weighted by Gasteiger charge is -2.25. The van der Waals surface area contributed by atoms with Crippen molar-refractivity contribution < 1.29 is 9.90 Å². The first-order valence-electron chi connectivity index (χ1n) is 4.69. The molecular weight excluding hydrogens is 152 g/mol. The minimum Gasteiger partial charge on any atom is -0.481 e. The standard InChI is InChI=1S/C10H20O2/c1-5-8(3)7-10(4,6-2)9(11)12/h8H,5-7H2,1-4H3,(H,11,12). The van der Waals surface area contributed by atoms with Gasteiger partial charge in [-0.2, -0.15) is 0 Å². The van der Waals surface area contributed by atoms with Gasteiger partial charge in [0.2, 0.25) is 0 Å². The molecule has 2 heteroatoms. The van der Waals surface area contributed by atoms with Crippen LogP contribution in [0.4, 0.5) is 0 Å². The van der Waals surface area contributed by atoms with Gasteiger partial charge in [0, 0.05) is 0 Å². The van der Waals surface area contributed by atoms with Crippen molar-refractivity contribution in [3.05, 3.63) is 0 Å². The molecule has 0 saturated heterocycles. The van der Waals surface area contributed by atoms with E-state index in [1.807, 2.05) is 13.8 Å². The molecule has 2 unspecified atom stereocenters. The first-order valence-corrected chi connectivity index (χ1v) is 4.69. The Balaban J connectivity index is 4.23. The van der Waals surface area contributed by atoms with Crippen molar-refractivity contribution in [2.45, 2.75) is 47.0 Å². The fourth-order valence-corrected chi connectivity index (χ4v) is 1.30. The molecule has 0 aliphatic heterocycles. The Labute approximate surface area is 75.0 Å². The molecule has 0 spiro atoms. The van der Waals surface area contributed by atoms with Crippen LogP contribution in [-0.2, 0) is 4.79 Å². The van der Waals surface area contributed by atoms with E-state index in [-0.39, 0.29) is 0 Å². The van der Waals surface area contributed by atoms with Gasteiger partial charge in [-0.1, -0.05) is 27.2 Å². The van der Waals surface area contributed by atoms with Gasteiger partial charge in [0.25, 0.3) is 0 Å². The maximum Gasteiger partial charge on any atom is 0.309 e. The van der Waals surface area contributed by atoms with Crippen molar-refractivity contribution in [2.75, 3.05) is 0 Å². The van der Waals surface area contributed by atoms with Crippen LogP contribution in [-0.4, -0.2) is 11.1 Å². The summed E-state index contributed by atoms with van der Waals surface area (Å²) in [7, 11) is 0. The molecule has 2 nitrogen and oxygen atoms in total. The second kappa shape index (κ2) is 4.48. The van der Waals surface area contributed by atoms with E-state index >= 15 is 0 Å². The Hall–Kier alpha value is -0.530. The van der Waals surface area contributed by atoms with Crippen LogP contribution in [0.25, 0.3) is 0 Å². The number of hydrogen-bond donors (Lipinski definition) is 1. The third kappa shape index (κ3) is 2.84. The quantitative estimate of drug-likeness (QED) is 0.692. The topological polar surface area (TPSA) is 37.3 Å².